The fourth-order valence-corrected chi connectivity index (χ4v) is 3.08. The Labute approximate surface area is 131 Å². The first-order chi connectivity index (χ1) is 10.4. The highest BCUT2D eigenvalue weighted by Gasteiger charge is 2.41. The topological polar surface area (TPSA) is 73.0 Å². The zero-order valence-corrected chi connectivity index (χ0v) is 13.7. The maximum atomic E-state index is 12.7. The lowest BCUT2D eigenvalue weighted by molar-refractivity contribution is -0.156. The van der Waals surface area contributed by atoms with Crippen molar-refractivity contribution in [3.8, 4) is 0 Å². The third kappa shape index (κ3) is 3.51. The molecule has 1 N–H and O–H groups in total. The highest BCUT2D eigenvalue weighted by Crippen LogP contribution is 2.19. The molecular weight excluding hydrogens is 284 g/mol. The molecule has 2 fully saturated rings. The second kappa shape index (κ2) is 6.98. The number of fused-ring (bicyclic) bond motifs is 1. The van der Waals surface area contributed by atoms with E-state index in [1.807, 2.05) is 20.8 Å². The molecule has 7 nitrogen and oxygen atoms in total. The molecule has 1 unspecified atom stereocenters. The lowest BCUT2D eigenvalue weighted by atomic mass is 10.1. The highest BCUT2D eigenvalue weighted by atomic mass is 16.2. The Morgan fingerprint density at radius 3 is 2.68 bits per heavy atom. The molecule has 0 saturated carbocycles. The summed E-state index contributed by atoms with van der Waals surface area (Å²) >= 11 is 0. The zero-order chi connectivity index (χ0) is 16.3. The number of nitrogens with one attached hydrogen (secondary N) is 1. The summed E-state index contributed by atoms with van der Waals surface area (Å²) in [6.07, 6.45) is 0.705. The minimum atomic E-state index is -0.537. The van der Waals surface area contributed by atoms with Crippen molar-refractivity contribution >= 4 is 17.8 Å². The Kier molecular flexibility index (Phi) is 5.26. The van der Waals surface area contributed by atoms with Gasteiger partial charge in [0.2, 0.25) is 11.8 Å². The molecule has 0 bridgehead atoms. The van der Waals surface area contributed by atoms with Crippen LogP contribution in [0.1, 0.15) is 27.2 Å². The molecule has 2 aliphatic rings. The molecule has 2 heterocycles. The van der Waals surface area contributed by atoms with Gasteiger partial charge in [0.05, 0.1) is 13.1 Å². The first-order valence-electron chi connectivity index (χ1n) is 8.05. The molecule has 22 heavy (non-hydrogen) atoms. The number of carbonyl (C=O) groups excluding carboxylic acids is 3. The molecule has 1 atom stereocenters. The quantitative estimate of drug-likeness (QED) is 0.804. The normalized spacial score (nSPS) is 22.7. The number of amides is 4. The summed E-state index contributed by atoms with van der Waals surface area (Å²) in [4.78, 5) is 42.0. The van der Waals surface area contributed by atoms with E-state index in [9.17, 15) is 14.4 Å². The van der Waals surface area contributed by atoms with Gasteiger partial charge in [-0.3, -0.25) is 9.59 Å². The lowest BCUT2D eigenvalue weighted by Crippen LogP contribution is -2.62. The Morgan fingerprint density at radius 1 is 1.32 bits per heavy atom. The van der Waals surface area contributed by atoms with Crippen LogP contribution in [0.3, 0.4) is 0 Å². The fraction of sp³-hybridized carbons (Fsp3) is 0.800. The predicted molar refractivity (Wildman–Crippen MR) is 82.2 cm³/mol. The summed E-state index contributed by atoms with van der Waals surface area (Å²) in [6.45, 7) is 8.61. The van der Waals surface area contributed by atoms with Crippen molar-refractivity contribution in [1.82, 2.24) is 20.0 Å². The van der Waals surface area contributed by atoms with Crippen molar-refractivity contribution in [1.29, 1.82) is 0 Å². The van der Waals surface area contributed by atoms with Crippen LogP contribution >= 0.6 is 0 Å². The van der Waals surface area contributed by atoms with Gasteiger partial charge >= 0.3 is 6.03 Å². The van der Waals surface area contributed by atoms with E-state index in [4.69, 9.17) is 0 Å². The van der Waals surface area contributed by atoms with Crippen molar-refractivity contribution < 1.29 is 14.4 Å². The van der Waals surface area contributed by atoms with Gasteiger partial charge in [-0.15, -0.1) is 0 Å². The van der Waals surface area contributed by atoms with Crippen LogP contribution in [0, 0.1) is 5.92 Å². The van der Waals surface area contributed by atoms with Crippen LogP contribution in [0.15, 0.2) is 0 Å². The van der Waals surface area contributed by atoms with Crippen LogP contribution in [0.4, 0.5) is 4.79 Å². The van der Waals surface area contributed by atoms with E-state index in [2.05, 4.69) is 5.32 Å². The fourth-order valence-electron chi connectivity index (χ4n) is 3.08. The van der Waals surface area contributed by atoms with Crippen LogP contribution in [0.25, 0.3) is 0 Å². The standard InChI is InChI=1S/C15H26N4O3/c1-4-16-15(22)17-6-5-7-19-12(9-17)14(21)18(8-11(2)3)10-13(19)20/h11-12H,4-10H2,1-3H3,(H,16,22). The molecule has 0 aromatic carbocycles. The summed E-state index contributed by atoms with van der Waals surface area (Å²) in [6, 6.07) is -0.698. The zero-order valence-electron chi connectivity index (χ0n) is 13.7. The Hall–Kier alpha value is -1.79. The molecule has 0 spiro atoms. The van der Waals surface area contributed by atoms with Crippen LogP contribution < -0.4 is 5.32 Å². The van der Waals surface area contributed by atoms with Crippen molar-refractivity contribution in [2.75, 3.05) is 39.3 Å². The van der Waals surface area contributed by atoms with Gasteiger partial charge in [-0.25, -0.2) is 4.79 Å². The van der Waals surface area contributed by atoms with Crippen molar-refractivity contribution in [2.45, 2.75) is 33.2 Å². The van der Waals surface area contributed by atoms with Gasteiger partial charge in [0, 0.05) is 26.2 Å². The molecular formula is C15H26N4O3. The van der Waals surface area contributed by atoms with Crippen molar-refractivity contribution in [3.63, 3.8) is 0 Å². The maximum Gasteiger partial charge on any atom is 0.317 e. The SMILES string of the molecule is CCNC(=O)N1CCCN2C(=O)CN(CC(C)C)C(=O)C2C1. The minimum Gasteiger partial charge on any atom is -0.338 e. The second-order valence-electron chi connectivity index (χ2n) is 6.35. The molecule has 0 aromatic rings. The Morgan fingerprint density at radius 2 is 2.05 bits per heavy atom. The van der Waals surface area contributed by atoms with Crippen molar-refractivity contribution in [2.24, 2.45) is 5.92 Å². The van der Waals surface area contributed by atoms with E-state index in [1.54, 1.807) is 14.7 Å². The molecule has 0 aliphatic carbocycles. The van der Waals surface area contributed by atoms with E-state index in [-0.39, 0.29) is 30.9 Å². The number of rotatable bonds is 3. The summed E-state index contributed by atoms with van der Waals surface area (Å²) in [5.74, 6) is 0.265. The Balaban J connectivity index is 2.14. The molecule has 4 amide bonds. The maximum absolute atomic E-state index is 12.7. The van der Waals surface area contributed by atoms with Gasteiger partial charge < -0.3 is 20.0 Å². The summed E-state index contributed by atoms with van der Waals surface area (Å²) in [5.41, 5.74) is 0. The van der Waals surface area contributed by atoms with Gasteiger partial charge in [0.25, 0.3) is 0 Å². The second-order valence-corrected chi connectivity index (χ2v) is 6.35. The largest absolute Gasteiger partial charge is 0.338 e. The van der Waals surface area contributed by atoms with E-state index in [0.29, 0.717) is 38.5 Å². The number of hydrogen-bond acceptors (Lipinski definition) is 3. The smallest absolute Gasteiger partial charge is 0.317 e. The van der Waals surface area contributed by atoms with Gasteiger partial charge in [0.15, 0.2) is 0 Å². The molecule has 2 saturated heterocycles. The van der Waals surface area contributed by atoms with E-state index < -0.39 is 6.04 Å². The van der Waals surface area contributed by atoms with Gasteiger partial charge in [-0.05, 0) is 19.3 Å². The van der Waals surface area contributed by atoms with Crippen molar-refractivity contribution in [3.05, 3.63) is 0 Å². The van der Waals surface area contributed by atoms with Gasteiger partial charge in [-0.2, -0.15) is 0 Å². The van der Waals surface area contributed by atoms with E-state index in [0.717, 1.165) is 0 Å². The molecule has 0 aromatic heterocycles. The number of urea groups is 1. The van der Waals surface area contributed by atoms with Crippen LogP contribution in [-0.4, -0.2) is 77.9 Å². The van der Waals surface area contributed by atoms with Gasteiger partial charge in [-0.1, -0.05) is 13.8 Å². The molecule has 0 radical (unpaired) electrons. The van der Waals surface area contributed by atoms with E-state index >= 15 is 0 Å². The number of carbonyl (C=O) groups is 3. The molecule has 2 rings (SSSR count). The van der Waals surface area contributed by atoms with Crippen LogP contribution in [0.2, 0.25) is 0 Å². The number of hydrogen-bond donors (Lipinski definition) is 1. The van der Waals surface area contributed by atoms with Gasteiger partial charge in [0.1, 0.15) is 6.04 Å². The third-order valence-corrected chi connectivity index (χ3v) is 4.04. The minimum absolute atomic E-state index is 0.0111. The monoisotopic (exact) mass is 310 g/mol. The van der Waals surface area contributed by atoms with Crippen LogP contribution in [0.5, 0.6) is 0 Å². The first kappa shape index (κ1) is 16.6. The van der Waals surface area contributed by atoms with E-state index in [1.165, 1.54) is 0 Å². The summed E-state index contributed by atoms with van der Waals surface area (Å²) < 4.78 is 0. The van der Waals surface area contributed by atoms with Crippen LogP contribution in [-0.2, 0) is 9.59 Å². The third-order valence-electron chi connectivity index (χ3n) is 4.04. The number of piperazine rings is 1. The highest BCUT2D eigenvalue weighted by molar-refractivity contribution is 5.95. The first-order valence-corrected chi connectivity index (χ1v) is 8.05. The summed E-state index contributed by atoms with van der Waals surface area (Å²) in [7, 11) is 0. The predicted octanol–water partition coefficient (Wildman–Crippen LogP) is 0.117. The molecule has 7 heteroatoms. The molecule has 2 aliphatic heterocycles. The Bertz CT molecular complexity index is 452. The average Bonchev–Trinajstić information content (AvgIpc) is 2.67. The lowest BCUT2D eigenvalue weighted by Gasteiger charge is -2.40. The molecule has 124 valence electrons. The number of nitrogens with zero attached hydrogens (tertiary/aromatic N) is 3. The average molecular weight is 310 g/mol. The summed E-state index contributed by atoms with van der Waals surface area (Å²) in [5, 5.41) is 2.77.